The third-order valence-corrected chi connectivity index (χ3v) is 15.0. The Morgan fingerprint density at radius 2 is 0.800 bits per heavy atom. The van der Waals surface area contributed by atoms with Crippen molar-refractivity contribution in [1.82, 2.24) is 5.32 Å². The van der Waals surface area contributed by atoms with Crippen molar-refractivity contribution in [3.8, 4) is 0 Å². The molecule has 75 heavy (non-hydrogen) atoms. The summed E-state index contributed by atoms with van der Waals surface area (Å²) in [5, 5.41) is 54.6. The first-order chi connectivity index (χ1) is 36.8. The minimum atomic E-state index is -1.58. The lowest BCUT2D eigenvalue weighted by molar-refractivity contribution is -0.302. The minimum Gasteiger partial charge on any atom is -0.394 e. The molecular formula is C66H121NO8. The van der Waals surface area contributed by atoms with Gasteiger partial charge in [-0.25, -0.2) is 0 Å². The highest BCUT2D eigenvalue weighted by Gasteiger charge is 2.44. The Labute approximate surface area is 462 Å². The van der Waals surface area contributed by atoms with E-state index in [1.165, 1.54) is 225 Å². The van der Waals surface area contributed by atoms with E-state index in [9.17, 15) is 30.3 Å². The van der Waals surface area contributed by atoms with Crippen molar-refractivity contribution >= 4 is 5.91 Å². The summed E-state index contributed by atoms with van der Waals surface area (Å²) in [6.45, 7) is 3.78. The first-order valence-corrected chi connectivity index (χ1v) is 32.0. The number of hydrogen-bond acceptors (Lipinski definition) is 8. The van der Waals surface area contributed by atoms with Gasteiger partial charge in [-0.3, -0.25) is 4.79 Å². The van der Waals surface area contributed by atoms with E-state index in [1.54, 1.807) is 6.08 Å². The van der Waals surface area contributed by atoms with E-state index in [1.807, 2.05) is 6.08 Å². The van der Waals surface area contributed by atoms with Gasteiger partial charge in [0.1, 0.15) is 24.4 Å². The molecular weight excluding hydrogens is 935 g/mol. The Bertz CT molecular complexity index is 1360. The van der Waals surface area contributed by atoms with Crippen LogP contribution in [0, 0.1) is 0 Å². The molecule has 438 valence electrons. The van der Waals surface area contributed by atoms with Gasteiger partial charge in [0.2, 0.25) is 5.91 Å². The van der Waals surface area contributed by atoms with Gasteiger partial charge in [-0.05, 0) is 77.0 Å². The fraction of sp³-hybridized carbons (Fsp3) is 0.833. The summed E-state index contributed by atoms with van der Waals surface area (Å²) in [6, 6.07) is -0.833. The lowest BCUT2D eigenvalue weighted by atomic mass is 9.99. The van der Waals surface area contributed by atoms with E-state index < -0.39 is 49.5 Å². The number of nitrogens with one attached hydrogen (secondary N) is 1. The summed E-state index contributed by atoms with van der Waals surface area (Å²) in [5.41, 5.74) is 0. The second-order valence-corrected chi connectivity index (χ2v) is 22.2. The number of aliphatic hydroxyl groups excluding tert-OH is 5. The molecule has 1 rings (SSSR count). The number of amides is 1. The number of carbonyl (C=O) groups excluding carboxylic acids is 1. The molecule has 6 N–H and O–H groups in total. The molecule has 1 amide bonds. The van der Waals surface area contributed by atoms with Crippen molar-refractivity contribution < 1.29 is 39.8 Å². The monoisotopic (exact) mass is 1060 g/mol. The predicted octanol–water partition coefficient (Wildman–Crippen LogP) is 16.6. The van der Waals surface area contributed by atoms with Crippen LogP contribution in [0.2, 0.25) is 0 Å². The van der Waals surface area contributed by atoms with E-state index in [-0.39, 0.29) is 12.5 Å². The molecule has 0 bridgehead atoms. The Morgan fingerprint density at radius 1 is 0.453 bits per heavy atom. The van der Waals surface area contributed by atoms with Crippen LogP contribution in [0.25, 0.3) is 0 Å². The number of rotatable bonds is 55. The highest BCUT2D eigenvalue weighted by molar-refractivity contribution is 5.76. The van der Waals surface area contributed by atoms with E-state index in [2.05, 4.69) is 67.8 Å². The summed E-state index contributed by atoms with van der Waals surface area (Å²) in [6.07, 6.45) is 68.8. The maximum atomic E-state index is 13.1. The van der Waals surface area contributed by atoms with Crippen molar-refractivity contribution in [2.24, 2.45) is 0 Å². The minimum absolute atomic E-state index is 0.191. The van der Waals surface area contributed by atoms with Crippen LogP contribution in [0.15, 0.2) is 60.8 Å². The van der Waals surface area contributed by atoms with Crippen molar-refractivity contribution in [2.75, 3.05) is 13.2 Å². The van der Waals surface area contributed by atoms with Gasteiger partial charge in [-0.2, -0.15) is 0 Å². The largest absolute Gasteiger partial charge is 0.394 e. The summed E-state index contributed by atoms with van der Waals surface area (Å²) in [4.78, 5) is 13.1. The molecule has 7 atom stereocenters. The molecule has 1 aliphatic heterocycles. The third-order valence-electron chi connectivity index (χ3n) is 15.0. The Kier molecular flexibility index (Phi) is 52.2. The maximum Gasteiger partial charge on any atom is 0.220 e. The number of hydrogen-bond donors (Lipinski definition) is 6. The summed E-state index contributed by atoms with van der Waals surface area (Å²) in [5.74, 6) is -0.191. The fourth-order valence-corrected chi connectivity index (χ4v) is 9.99. The molecule has 0 saturated carbocycles. The predicted molar refractivity (Wildman–Crippen MR) is 318 cm³/mol. The van der Waals surface area contributed by atoms with Crippen LogP contribution in [-0.2, 0) is 14.3 Å². The fourth-order valence-electron chi connectivity index (χ4n) is 9.99. The molecule has 1 fully saturated rings. The van der Waals surface area contributed by atoms with Crippen LogP contribution >= 0.6 is 0 Å². The third kappa shape index (κ3) is 44.4. The number of aliphatic hydroxyl groups is 5. The topological polar surface area (TPSA) is 149 Å². The molecule has 7 unspecified atom stereocenters. The highest BCUT2D eigenvalue weighted by Crippen LogP contribution is 2.23. The van der Waals surface area contributed by atoms with Crippen LogP contribution in [0.1, 0.15) is 296 Å². The molecule has 9 heteroatoms. The normalized spacial score (nSPS) is 19.3. The van der Waals surface area contributed by atoms with Gasteiger partial charge in [0.25, 0.3) is 0 Å². The molecule has 0 aromatic carbocycles. The van der Waals surface area contributed by atoms with Crippen molar-refractivity contribution in [1.29, 1.82) is 0 Å². The van der Waals surface area contributed by atoms with Gasteiger partial charge in [0.05, 0.1) is 25.4 Å². The van der Waals surface area contributed by atoms with Gasteiger partial charge in [-0.15, -0.1) is 0 Å². The van der Waals surface area contributed by atoms with Gasteiger partial charge in [0.15, 0.2) is 6.29 Å². The van der Waals surface area contributed by atoms with Gasteiger partial charge < -0.3 is 40.3 Å². The second-order valence-electron chi connectivity index (χ2n) is 22.2. The van der Waals surface area contributed by atoms with E-state index >= 15 is 0 Å². The molecule has 0 aromatic rings. The van der Waals surface area contributed by atoms with Gasteiger partial charge in [-0.1, -0.05) is 274 Å². The van der Waals surface area contributed by atoms with E-state index in [0.717, 1.165) is 51.4 Å². The lowest BCUT2D eigenvalue weighted by Gasteiger charge is -2.40. The van der Waals surface area contributed by atoms with E-state index in [0.29, 0.717) is 6.42 Å². The zero-order valence-electron chi connectivity index (χ0n) is 48.8. The smallest absolute Gasteiger partial charge is 0.220 e. The Morgan fingerprint density at radius 3 is 1.20 bits per heavy atom. The molecule has 0 aromatic heterocycles. The zero-order chi connectivity index (χ0) is 54.3. The molecule has 0 spiro atoms. The number of unbranched alkanes of at least 4 members (excludes halogenated alkanes) is 37. The maximum absolute atomic E-state index is 13.1. The average Bonchev–Trinajstić information content (AvgIpc) is 3.41. The molecule has 0 radical (unpaired) electrons. The Hall–Kier alpha value is -2.11. The molecule has 9 nitrogen and oxygen atoms in total. The van der Waals surface area contributed by atoms with Crippen LogP contribution in [0.4, 0.5) is 0 Å². The lowest BCUT2D eigenvalue weighted by Crippen LogP contribution is -2.60. The van der Waals surface area contributed by atoms with Crippen molar-refractivity contribution in [3.63, 3.8) is 0 Å². The van der Waals surface area contributed by atoms with Crippen molar-refractivity contribution in [3.05, 3.63) is 60.8 Å². The van der Waals surface area contributed by atoms with Gasteiger partial charge >= 0.3 is 0 Å². The summed E-state index contributed by atoms with van der Waals surface area (Å²) < 4.78 is 11.3. The Balaban J connectivity index is 2.22. The summed E-state index contributed by atoms with van der Waals surface area (Å²) in [7, 11) is 0. The quantitative estimate of drug-likeness (QED) is 0.0261. The first-order valence-electron chi connectivity index (χ1n) is 32.0. The van der Waals surface area contributed by atoms with E-state index in [4.69, 9.17) is 9.47 Å². The first kappa shape index (κ1) is 70.9. The molecule has 1 heterocycles. The standard InChI is InChI=1S/C66H121NO8/c1-3-5-7-9-11-13-15-17-19-21-23-25-27-28-29-30-31-32-34-35-37-39-41-43-45-47-49-51-53-55-60(69)59(58-74-66-65(73)64(72)63(71)61(57-68)75-66)67-62(70)56-54-52-50-48-46-44-42-40-38-36-33-26-24-22-20-18-16-14-12-10-8-6-4-2/h16,18,22,24,37,39,45,47,53,55,59-61,63-66,68-69,71-73H,3-15,17,19-21,23,25-36,38,40-44,46,48-52,54,56-58H2,1-2H3,(H,67,70)/b18-16-,24-22-,39-37+,47-45+,55-53+. The second kappa shape index (κ2) is 55.2. The number of allylic oxidation sites excluding steroid dienone is 9. The van der Waals surface area contributed by atoms with Crippen molar-refractivity contribution in [2.45, 2.75) is 339 Å². The van der Waals surface area contributed by atoms with Crippen LogP contribution in [-0.4, -0.2) is 87.5 Å². The SMILES string of the molecule is CCCCCCC/C=C\C/C=C\CCCCCCCCCCCCCC(=O)NC(COC1OC(CO)C(O)C(O)C1O)C(O)/C=C/CC/C=C/CC/C=C/CCCCCCCCCCCCCCCCCCCCC. The van der Waals surface area contributed by atoms with Crippen LogP contribution in [0.3, 0.4) is 0 Å². The van der Waals surface area contributed by atoms with Crippen LogP contribution < -0.4 is 5.32 Å². The zero-order valence-corrected chi connectivity index (χ0v) is 48.8. The molecule has 1 aliphatic rings. The number of ether oxygens (including phenoxy) is 2. The van der Waals surface area contributed by atoms with Crippen LogP contribution in [0.5, 0.6) is 0 Å². The summed E-state index contributed by atoms with van der Waals surface area (Å²) >= 11 is 0. The molecule has 0 aliphatic carbocycles. The average molecular weight is 1060 g/mol. The highest BCUT2D eigenvalue weighted by atomic mass is 16.7. The van der Waals surface area contributed by atoms with Gasteiger partial charge in [0, 0.05) is 6.42 Å². The number of carbonyl (C=O) groups is 1. The molecule has 1 saturated heterocycles.